The zero-order chi connectivity index (χ0) is 14.4. The van der Waals surface area contributed by atoms with Crippen molar-refractivity contribution in [2.45, 2.75) is 19.4 Å². The maximum atomic E-state index is 6.14. The molecule has 4 N–H and O–H groups in total. The summed E-state index contributed by atoms with van der Waals surface area (Å²) in [5, 5.41) is 0. The van der Waals surface area contributed by atoms with E-state index in [4.69, 9.17) is 16.5 Å². The Morgan fingerprint density at radius 3 is 2.80 bits per heavy atom. The van der Waals surface area contributed by atoms with Crippen molar-refractivity contribution in [3.05, 3.63) is 16.6 Å². The number of rotatable bonds is 1. The van der Waals surface area contributed by atoms with Crippen LogP contribution in [0.4, 0.5) is 11.6 Å². The topological polar surface area (TPSA) is 73.1 Å². The summed E-state index contributed by atoms with van der Waals surface area (Å²) in [7, 11) is 2.04. The number of hydrogen-bond acceptors (Lipinski definition) is 4. The Balaban J connectivity index is 2.05. The molecule has 0 spiro atoms. The van der Waals surface area contributed by atoms with Crippen LogP contribution in [0.2, 0.25) is 0 Å². The maximum Gasteiger partial charge on any atom is 0.206 e. The molecule has 20 heavy (non-hydrogen) atoms. The molecule has 6 heteroatoms. The third kappa shape index (κ3) is 2.27. The highest BCUT2D eigenvalue weighted by atomic mass is 79.9. The van der Waals surface area contributed by atoms with Gasteiger partial charge in [-0.1, -0.05) is 6.92 Å². The van der Waals surface area contributed by atoms with Gasteiger partial charge < -0.3 is 20.9 Å². The first-order valence-corrected chi connectivity index (χ1v) is 7.67. The second kappa shape index (κ2) is 4.93. The number of nitrogen functional groups attached to an aromatic ring is 1. The van der Waals surface area contributed by atoms with Gasteiger partial charge in [0.1, 0.15) is 0 Å². The van der Waals surface area contributed by atoms with Crippen molar-refractivity contribution in [2.24, 2.45) is 18.7 Å². The third-order valence-corrected chi connectivity index (χ3v) is 4.64. The SMILES string of the molecule is C[C@@H]1C[C@@H](N)CN(c2nc3cc(N)c(Br)cc3n2C)C1. The fourth-order valence-electron chi connectivity index (χ4n) is 3.06. The van der Waals surface area contributed by atoms with E-state index in [2.05, 4.69) is 32.3 Å². The third-order valence-electron chi connectivity index (χ3n) is 3.95. The number of anilines is 2. The monoisotopic (exact) mass is 337 g/mol. The van der Waals surface area contributed by atoms with E-state index in [1.807, 2.05) is 19.2 Å². The summed E-state index contributed by atoms with van der Waals surface area (Å²) < 4.78 is 3.02. The molecule has 1 fully saturated rings. The van der Waals surface area contributed by atoms with Crippen molar-refractivity contribution >= 4 is 38.6 Å². The average molecular weight is 338 g/mol. The molecule has 3 rings (SSSR count). The van der Waals surface area contributed by atoms with Gasteiger partial charge in [-0.05, 0) is 40.4 Å². The lowest BCUT2D eigenvalue weighted by Crippen LogP contribution is -2.47. The van der Waals surface area contributed by atoms with Gasteiger partial charge >= 0.3 is 0 Å². The van der Waals surface area contributed by atoms with E-state index in [9.17, 15) is 0 Å². The van der Waals surface area contributed by atoms with E-state index in [1.54, 1.807) is 0 Å². The quantitative estimate of drug-likeness (QED) is 0.781. The van der Waals surface area contributed by atoms with Crippen LogP contribution in [-0.4, -0.2) is 28.7 Å². The number of nitrogens with zero attached hydrogens (tertiary/aromatic N) is 3. The molecular weight excluding hydrogens is 318 g/mol. The Hall–Kier alpha value is -1.27. The summed E-state index contributed by atoms with van der Waals surface area (Å²) in [6.07, 6.45) is 1.08. The van der Waals surface area contributed by atoms with Gasteiger partial charge in [-0.3, -0.25) is 0 Å². The zero-order valence-corrected chi connectivity index (χ0v) is 13.4. The Kier molecular flexibility index (Phi) is 3.38. The normalized spacial score (nSPS) is 23.5. The Labute approximate surface area is 127 Å². The van der Waals surface area contributed by atoms with Crippen molar-refractivity contribution in [3.8, 4) is 0 Å². The van der Waals surface area contributed by atoms with Crippen LogP contribution in [0.25, 0.3) is 11.0 Å². The number of piperidine rings is 1. The molecule has 0 amide bonds. The first-order valence-electron chi connectivity index (χ1n) is 6.87. The van der Waals surface area contributed by atoms with Crippen molar-refractivity contribution < 1.29 is 0 Å². The molecule has 2 heterocycles. The fraction of sp³-hybridized carbons (Fsp3) is 0.500. The first-order chi connectivity index (χ1) is 9.45. The van der Waals surface area contributed by atoms with E-state index in [0.29, 0.717) is 11.6 Å². The van der Waals surface area contributed by atoms with Gasteiger partial charge in [0.25, 0.3) is 0 Å². The molecule has 1 saturated heterocycles. The average Bonchev–Trinajstić information content (AvgIpc) is 2.66. The number of nitrogens with two attached hydrogens (primary N) is 2. The van der Waals surface area contributed by atoms with E-state index in [1.165, 1.54) is 0 Å². The lowest BCUT2D eigenvalue weighted by molar-refractivity contribution is 0.396. The minimum Gasteiger partial charge on any atom is -0.398 e. The largest absolute Gasteiger partial charge is 0.398 e. The number of aromatic nitrogens is 2. The summed E-state index contributed by atoms with van der Waals surface area (Å²) in [4.78, 5) is 7.02. The molecule has 2 atom stereocenters. The Morgan fingerprint density at radius 2 is 2.10 bits per heavy atom. The number of fused-ring (bicyclic) bond motifs is 1. The standard InChI is InChI=1S/C14H20BrN5/c1-8-3-9(16)7-20(6-8)14-18-12-5-11(17)10(15)4-13(12)19(14)2/h4-5,8-9H,3,6-7,16-17H2,1-2H3/t8-,9-/m1/s1. The van der Waals surface area contributed by atoms with Crippen LogP contribution in [0, 0.1) is 5.92 Å². The van der Waals surface area contributed by atoms with Crippen LogP contribution in [-0.2, 0) is 7.05 Å². The summed E-state index contributed by atoms with van der Waals surface area (Å²) in [6, 6.07) is 4.15. The lowest BCUT2D eigenvalue weighted by atomic mass is 9.97. The lowest BCUT2D eigenvalue weighted by Gasteiger charge is -2.35. The minimum absolute atomic E-state index is 0.218. The van der Waals surface area contributed by atoms with Crippen LogP contribution in [0.15, 0.2) is 16.6 Å². The van der Waals surface area contributed by atoms with Gasteiger partial charge in [0.2, 0.25) is 5.95 Å². The molecule has 1 aromatic carbocycles. The predicted molar refractivity (Wildman–Crippen MR) is 86.8 cm³/mol. The highest BCUT2D eigenvalue weighted by Crippen LogP contribution is 2.30. The smallest absolute Gasteiger partial charge is 0.206 e. The Bertz CT molecular complexity index is 641. The minimum atomic E-state index is 0.218. The predicted octanol–water partition coefficient (Wildman–Crippen LogP) is 2.09. The van der Waals surface area contributed by atoms with Crippen LogP contribution < -0.4 is 16.4 Å². The number of imidazole rings is 1. The molecule has 5 nitrogen and oxygen atoms in total. The maximum absolute atomic E-state index is 6.14. The summed E-state index contributed by atoms with van der Waals surface area (Å²) in [5.74, 6) is 1.56. The van der Waals surface area contributed by atoms with Crippen LogP contribution in [0.1, 0.15) is 13.3 Å². The Morgan fingerprint density at radius 1 is 1.35 bits per heavy atom. The first kappa shape index (κ1) is 13.7. The molecule has 0 bridgehead atoms. The summed E-state index contributed by atoms with van der Waals surface area (Å²) in [5.41, 5.74) is 14.8. The number of aryl methyl sites for hydroxylation is 1. The van der Waals surface area contributed by atoms with Crippen molar-refractivity contribution in [3.63, 3.8) is 0 Å². The molecular formula is C14H20BrN5. The van der Waals surface area contributed by atoms with E-state index >= 15 is 0 Å². The zero-order valence-electron chi connectivity index (χ0n) is 11.8. The highest BCUT2D eigenvalue weighted by Gasteiger charge is 2.25. The van der Waals surface area contributed by atoms with Crippen LogP contribution in [0.3, 0.4) is 0 Å². The molecule has 108 valence electrons. The van der Waals surface area contributed by atoms with Gasteiger partial charge in [-0.25, -0.2) is 4.98 Å². The van der Waals surface area contributed by atoms with E-state index < -0.39 is 0 Å². The molecule has 0 aliphatic carbocycles. The number of hydrogen-bond donors (Lipinski definition) is 2. The van der Waals surface area contributed by atoms with Gasteiger partial charge in [-0.15, -0.1) is 0 Å². The molecule has 0 radical (unpaired) electrons. The second-order valence-electron chi connectivity index (χ2n) is 5.84. The second-order valence-corrected chi connectivity index (χ2v) is 6.69. The molecule has 1 aliphatic heterocycles. The van der Waals surface area contributed by atoms with Crippen molar-refractivity contribution in [1.29, 1.82) is 0 Å². The van der Waals surface area contributed by atoms with Gasteiger partial charge in [0, 0.05) is 36.3 Å². The van der Waals surface area contributed by atoms with Gasteiger partial charge in [0.05, 0.1) is 11.0 Å². The van der Waals surface area contributed by atoms with Gasteiger partial charge in [-0.2, -0.15) is 0 Å². The summed E-state index contributed by atoms with van der Waals surface area (Å²) >= 11 is 3.48. The molecule has 2 aromatic rings. The van der Waals surface area contributed by atoms with E-state index in [-0.39, 0.29) is 6.04 Å². The van der Waals surface area contributed by atoms with Crippen LogP contribution in [0.5, 0.6) is 0 Å². The van der Waals surface area contributed by atoms with Crippen LogP contribution >= 0.6 is 15.9 Å². The molecule has 0 saturated carbocycles. The molecule has 1 aromatic heterocycles. The number of halogens is 1. The summed E-state index contributed by atoms with van der Waals surface area (Å²) in [6.45, 7) is 4.10. The van der Waals surface area contributed by atoms with E-state index in [0.717, 1.165) is 41.0 Å². The van der Waals surface area contributed by atoms with Crippen molar-refractivity contribution in [1.82, 2.24) is 9.55 Å². The van der Waals surface area contributed by atoms with Gasteiger partial charge in [0.15, 0.2) is 0 Å². The molecule has 1 aliphatic rings. The molecule has 0 unspecified atom stereocenters. The highest BCUT2D eigenvalue weighted by molar-refractivity contribution is 9.10. The fourth-order valence-corrected chi connectivity index (χ4v) is 3.39. The van der Waals surface area contributed by atoms with Crippen molar-refractivity contribution in [2.75, 3.05) is 23.7 Å². The number of benzene rings is 1.